The first-order chi connectivity index (χ1) is 10.3. The fraction of sp³-hybridized carbons (Fsp3) is 0.0667. The van der Waals surface area contributed by atoms with Crippen molar-refractivity contribution in [1.29, 1.82) is 0 Å². The molecule has 6 nitrogen and oxygen atoms in total. The molecular weight excluding hydrogens is 266 g/mol. The Balaban J connectivity index is 1.92. The highest BCUT2D eigenvalue weighted by atomic mass is 16.2. The van der Waals surface area contributed by atoms with Gasteiger partial charge in [-0.25, -0.2) is 0 Å². The number of aromatic nitrogens is 4. The van der Waals surface area contributed by atoms with Crippen LogP contribution in [0.2, 0.25) is 0 Å². The van der Waals surface area contributed by atoms with Gasteiger partial charge in [0.05, 0.1) is 6.04 Å². The van der Waals surface area contributed by atoms with Crippen LogP contribution in [0.5, 0.6) is 0 Å². The van der Waals surface area contributed by atoms with Crippen LogP contribution in [0, 0.1) is 0 Å². The first-order valence-electron chi connectivity index (χ1n) is 6.49. The largest absolute Gasteiger partial charge is 0.338 e. The normalized spacial score (nSPS) is 10.5. The molecule has 3 rings (SSSR count). The molecular formula is C15H13N5O. The van der Waals surface area contributed by atoms with Gasteiger partial charge in [-0.15, -0.1) is 10.2 Å². The number of nitrogens with one attached hydrogen (secondary N) is 2. The van der Waals surface area contributed by atoms with Crippen LogP contribution < -0.4 is 5.32 Å². The molecule has 0 saturated carbocycles. The number of carbonyl (C=O) groups is 1. The Hall–Kier alpha value is -3.02. The Labute approximate surface area is 121 Å². The first kappa shape index (κ1) is 13.0. The Morgan fingerprint density at radius 1 is 0.952 bits per heavy atom. The Kier molecular flexibility index (Phi) is 3.68. The quantitative estimate of drug-likeness (QED) is 0.761. The summed E-state index contributed by atoms with van der Waals surface area (Å²) in [4.78, 5) is 12.2. The minimum absolute atomic E-state index is 0.0202. The van der Waals surface area contributed by atoms with Gasteiger partial charge in [0.1, 0.15) is 0 Å². The fourth-order valence-corrected chi connectivity index (χ4v) is 2.10. The number of hydrogen-bond acceptors (Lipinski definition) is 4. The lowest BCUT2D eigenvalue weighted by atomic mass is 9.99. The van der Waals surface area contributed by atoms with E-state index in [1.807, 2.05) is 60.7 Å². The average molecular weight is 279 g/mol. The third-order valence-corrected chi connectivity index (χ3v) is 3.09. The fourth-order valence-electron chi connectivity index (χ4n) is 2.10. The third-order valence-electron chi connectivity index (χ3n) is 3.09. The van der Waals surface area contributed by atoms with Crippen molar-refractivity contribution in [2.75, 3.05) is 0 Å². The molecule has 0 atom stereocenters. The summed E-state index contributed by atoms with van der Waals surface area (Å²) >= 11 is 0. The maximum atomic E-state index is 12.2. The second-order valence-corrected chi connectivity index (χ2v) is 4.46. The van der Waals surface area contributed by atoms with Crippen LogP contribution in [0.25, 0.3) is 0 Å². The molecule has 3 aromatic rings. The number of nitrogens with zero attached hydrogens (tertiary/aromatic N) is 3. The Bertz CT molecular complexity index is 658. The van der Waals surface area contributed by atoms with E-state index in [4.69, 9.17) is 0 Å². The van der Waals surface area contributed by atoms with Gasteiger partial charge in [0.15, 0.2) is 0 Å². The van der Waals surface area contributed by atoms with Gasteiger partial charge in [-0.1, -0.05) is 60.7 Å². The van der Waals surface area contributed by atoms with E-state index < -0.39 is 0 Å². The van der Waals surface area contributed by atoms with Crippen LogP contribution >= 0.6 is 0 Å². The van der Waals surface area contributed by atoms with Crippen LogP contribution in [-0.4, -0.2) is 26.5 Å². The molecule has 0 radical (unpaired) electrons. The van der Waals surface area contributed by atoms with Gasteiger partial charge in [0.2, 0.25) is 0 Å². The van der Waals surface area contributed by atoms with Crippen LogP contribution in [0.1, 0.15) is 27.8 Å². The highest BCUT2D eigenvalue weighted by molar-refractivity contribution is 5.90. The SMILES string of the molecule is O=C(NC(c1ccccc1)c1ccccc1)c1nn[nH]n1. The maximum absolute atomic E-state index is 12.2. The molecule has 104 valence electrons. The van der Waals surface area contributed by atoms with Crippen molar-refractivity contribution in [3.05, 3.63) is 77.6 Å². The van der Waals surface area contributed by atoms with E-state index in [0.29, 0.717) is 0 Å². The van der Waals surface area contributed by atoms with E-state index in [-0.39, 0.29) is 17.8 Å². The lowest BCUT2D eigenvalue weighted by Gasteiger charge is -2.18. The lowest BCUT2D eigenvalue weighted by Crippen LogP contribution is -2.30. The van der Waals surface area contributed by atoms with Crippen LogP contribution in [0.15, 0.2) is 60.7 Å². The topological polar surface area (TPSA) is 83.6 Å². The minimum atomic E-state index is -0.374. The maximum Gasteiger partial charge on any atom is 0.293 e. The zero-order chi connectivity index (χ0) is 14.5. The van der Waals surface area contributed by atoms with Gasteiger partial charge in [-0.2, -0.15) is 5.21 Å². The van der Waals surface area contributed by atoms with E-state index in [0.717, 1.165) is 11.1 Å². The Morgan fingerprint density at radius 2 is 1.52 bits per heavy atom. The van der Waals surface area contributed by atoms with Gasteiger partial charge >= 0.3 is 0 Å². The van der Waals surface area contributed by atoms with Crippen LogP contribution in [0.3, 0.4) is 0 Å². The molecule has 1 aromatic heterocycles. The highest BCUT2D eigenvalue weighted by Crippen LogP contribution is 2.21. The van der Waals surface area contributed by atoms with Crippen LogP contribution in [-0.2, 0) is 0 Å². The average Bonchev–Trinajstić information content (AvgIpc) is 3.09. The molecule has 0 spiro atoms. The van der Waals surface area contributed by atoms with E-state index in [1.54, 1.807) is 0 Å². The standard InChI is InChI=1S/C15H13N5O/c21-15(14-17-19-20-18-14)16-13(11-7-3-1-4-8-11)12-9-5-2-6-10-12/h1-10,13H,(H,16,21)(H,17,18,19,20). The van der Waals surface area contributed by atoms with Gasteiger partial charge in [-0.05, 0) is 16.3 Å². The van der Waals surface area contributed by atoms with Crippen molar-refractivity contribution in [1.82, 2.24) is 25.9 Å². The van der Waals surface area contributed by atoms with Crippen molar-refractivity contribution in [2.24, 2.45) is 0 Å². The summed E-state index contributed by atoms with van der Waals surface area (Å²) in [6, 6.07) is 19.2. The predicted molar refractivity (Wildman–Crippen MR) is 76.4 cm³/mol. The third kappa shape index (κ3) is 2.94. The minimum Gasteiger partial charge on any atom is -0.338 e. The summed E-state index contributed by atoms with van der Waals surface area (Å²) in [5, 5.41) is 16.0. The lowest BCUT2D eigenvalue weighted by molar-refractivity contribution is 0.0932. The highest BCUT2D eigenvalue weighted by Gasteiger charge is 2.19. The second kappa shape index (κ2) is 5.96. The summed E-state index contributed by atoms with van der Waals surface area (Å²) in [5.41, 5.74) is 1.97. The number of rotatable bonds is 4. The smallest absolute Gasteiger partial charge is 0.293 e. The zero-order valence-electron chi connectivity index (χ0n) is 11.1. The molecule has 1 heterocycles. The van der Waals surface area contributed by atoms with E-state index in [1.165, 1.54) is 0 Å². The molecule has 0 saturated heterocycles. The molecule has 2 N–H and O–H groups in total. The number of H-pyrrole nitrogens is 1. The van der Waals surface area contributed by atoms with E-state index >= 15 is 0 Å². The molecule has 0 aliphatic carbocycles. The predicted octanol–water partition coefficient (Wildman–Crippen LogP) is 1.72. The second-order valence-electron chi connectivity index (χ2n) is 4.46. The van der Waals surface area contributed by atoms with Gasteiger partial charge in [0.25, 0.3) is 11.7 Å². The molecule has 6 heteroatoms. The first-order valence-corrected chi connectivity index (χ1v) is 6.49. The number of benzene rings is 2. The Morgan fingerprint density at radius 3 is 2.00 bits per heavy atom. The monoisotopic (exact) mass is 279 g/mol. The number of tetrazole rings is 1. The molecule has 2 aromatic carbocycles. The number of amides is 1. The van der Waals surface area contributed by atoms with Gasteiger partial charge in [0, 0.05) is 0 Å². The van der Waals surface area contributed by atoms with E-state index in [9.17, 15) is 4.79 Å². The van der Waals surface area contributed by atoms with Crippen LogP contribution in [0.4, 0.5) is 0 Å². The zero-order valence-corrected chi connectivity index (χ0v) is 11.1. The van der Waals surface area contributed by atoms with Crippen molar-refractivity contribution in [3.63, 3.8) is 0 Å². The summed E-state index contributed by atoms with van der Waals surface area (Å²) < 4.78 is 0. The van der Waals surface area contributed by atoms with Crippen molar-refractivity contribution in [3.8, 4) is 0 Å². The van der Waals surface area contributed by atoms with Gasteiger partial charge < -0.3 is 5.32 Å². The number of aromatic amines is 1. The van der Waals surface area contributed by atoms with Crippen molar-refractivity contribution < 1.29 is 4.79 Å². The summed E-state index contributed by atoms with van der Waals surface area (Å²) in [6.07, 6.45) is 0. The van der Waals surface area contributed by atoms with Crippen molar-refractivity contribution >= 4 is 5.91 Å². The van der Waals surface area contributed by atoms with Crippen molar-refractivity contribution in [2.45, 2.75) is 6.04 Å². The molecule has 1 amide bonds. The molecule has 21 heavy (non-hydrogen) atoms. The molecule has 0 aliphatic rings. The summed E-state index contributed by atoms with van der Waals surface area (Å²) in [7, 11) is 0. The molecule has 0 bridgehead atoms. The van der Waals surface area contributed by atoms with Gasteiger partial charge in [-0.3, -0.25) is 4.79 Å². The number of hydrogen-bond donors (Lipinski definition) is 2. The molecule has 0 fully saturated rings. The summed E-state index contributed by atoms with van der Waals surface area (Å²) in [5.74, 6) is -0.353. The molecule has 0 unspecified atom stereocenters. The van der Waals surface area contributed by atoms with E-state index in [2.05, 4.69) is 25.9 Å². The molecule has 0 aliphatic heterocycles. The summed E-state index contributed by atoms with van der Waals surface area (Å²) in [6.45, 7) is 0. The number of carbonyl (C=O) groups excluding carboxylic acids is 1.